The first-order chi connectivity index (χ1) is 14.8. The number of hydrogen-bond donors (Lipinski definition) is 1. The molecule has 1 aliphatic rings. The molecule has 6 nitrogen and oxygen atoms in total. The van der Waals surface area contributed by atoms with Crippen LogP contribution in [0.2, 0.25) is 5.02 Å². The molecule has 1 aliphatic heterocycles. The number of hydrogen-bond acceptors (Lipinski definition) is 5. The van der Waals surface area contributed by atoms with E-state index in [1.165, 1.54) is 0 Å². The van der Waals surface area contributed by atoms with E-state index in [1.807, 2.05) is 62.4 Å². The average Bonchev–Trinajstić information content (AvgIpc) is 3.06. The fraction of sp³-hybridized carbons (Fsp3) is 0.375. The smallest absolute Gasteiger partial charge is 0.136 e. The molecule has 0 aliphatic carbocycles. The standard InChI is InChI=1S/C24H29ClN4O2/c1-24(30,17-27(2)3)19-6-8-22-18(13-19)15-28(11-12-31-22)16-21-5-4-10-29(21)23-9-7-20(25)14-26-23/h4-10,13-14,30H,11-12,15-17H2,1-3H3/t24-/m1/s1. The maximum absolute atomic E-state index is 11.0. The second-order valence-corrected chi connectivity index (χ2v) is 9.03. The fourth-order valence-electron chi connectivity index (χ4n) is 4.13. The van der Waals surface area contributed by atoms with Crippen LogP contribution in [-0.4, -0.2) is 58.2 Å². The van der Waals surface area contributed by atoms with Crippen molar-refractivity contribution in [1.82, 2.24) is 19.4 Å². The van der Waals surface area contributed by atoms with Crippen LogP contribution in [0, 0.1) is 0 Å². The maximum atomic E-state index is 11.0. The zero-order valence-electron chi connectivity index (χ0n) is 18.3. The van der Waals surface area contributed by atoms with Crippen molar-refractivity contribution in [1.29, 1.82) is 0 Å². The van der Waals surface area contributed by atoms with Gasteiger partial charge >= 0.3 is 0 Å². The maximum Gasteiger partial charge on any atom is 0.136 e. The summed E-state index contributed by atoms with van der Waals surface area (Å²) in [5, 5.41) is 11.6. The van der Waals surface area contributed by atoms with Crippen LogP contribution in [0.15, 0.2) is 54.9 Å². The Morgan fingerprint density at radius 3 is 2.81 bits per heavy atom. The monoisotopic (exact) mass is 440 g/mol. The van der Waals surface area contributed by atoms with Crippen molar-refractivity contribution in [2.24, 2.45) is 0 Å². The van der Waals surface area contributed by atoms with Crippen molar-refractivity contribution in [3.05, 3.63) is 76.7 Å². The SMILES string of the molecule is CN(C)C[C@@](C)(O)c1ccc2c(c1)CN(Cc1cccn1-c1ccc(Cl)cn1)CCO2. The minimum absolute atomic E-state index is 0.554. The average molecular weight is 441 g/mol. The molecular formula is C24H29ClN4O2. The molecule has 0 bridgehead atoms. The number of fused-ring (bicyclic) bond motifs is 1. The number of ether oxygens (including phenoxy) is 1. The second-order valence-electron chi connectivity index (χ2n) is 8.60. The van der Waals surface area contributed by atoms with Crippen LogP contribution in [0.25, 0.3) is 5.82 Å². The zero-order chi connectivity index (χ0) is 22.0. The van der Waals surface area contributed by atoms with Gasteiger partial charge in [0.05, 0.1) is 10.6 Å². The largest absolute Gasteiger partial charge is 0.492 e. The number of aliphatic hydroxyl groups is 1. The summed E-state index contributed by atoms with van der Waals surface area (Å²) in [5.41, 5.74) is 2.22. The molecule has 0 spiro atoms. The third-order valence-corrected chi connectivity index (χ3v) is 5.77. The van der Waals surface area contributed by atoms with Crippen LogP contribution >= 0.6 is 11.6 Å². The lowest BCUT2D eigenvalue weighted by atomic mass is 9.93. The van der Waals surface area contributed by atoms with Crippen LogP contribution in [0.3, 0.4) is 0 Å². The van der Waals surface area contributed by atoms with Crippen molar-refractivity contribution in [2.75, 3.05) is 33.8 Å². The van der Waals surface area contributed by atoms with Crippen LogP contribution in [0.4, 0.5) is 0 Å². The molecule has 7 heteroatoms. The minimum Gasteiger partial charge on any atom is -0.492 e. The van der Waals surface area contributed by atoms with Crippen LogP contribution in [0.1, 0.15) is 23.7 Å². The topological polar surface area (TPSA) is 53.8 Å². The highest BCUT2D eigenvalue weighted by Crippen LogP contribution is 2.30. The number of aromatic nitrogens is 2. The van der Waals surface area contributed by atoms with Crippen LogP contribution < -0.4 is 4.74 Å². The molecule has 0 unspecified atom stereocenters. The predicted molar refractivity (Wildman–Crippen MR) is 123 cm³/mol. The summed E-state index contributed by atoms with van der Waals surface area (Å²) in [6.45, 7) is 5.37. The number of halogens is 1. The first kappa shape index (κ1) is 21.8. The van der Waals surface area contributed by atoms with Crippen molar-refractivity contribution in [2.45, 2.75) is 25.6 Å². The van der Waals surface area contributed by atoms with Gasteiger partial charge in [-0.3, -0.25) is 4.90 Å². The van der Waals surface area contributed by atoms with Crippen molar-refractivity contribution >= 4 is 11.6 Å². The molecule has 4 rings (SSSR count). The third-order valence-electron chi connectivity index (χ3n) is 5.54. The molecular weight excluding hydrogens is 412 g/mol. The van der Waals surface area contributed by atoms with Crippen molar-refractivity contribution in [3.8, 4) is 11.6 Å². The molecule has 0 amide bonds. The fourth-order valence-corrected chi connectivity index (χ4v) is 4.25. The van der Waals surface area contributed by atoms with Crippen LogP contribution in [0.5, 0.6) is 5.75 Å². The van der Waals surface area contributed by atoms with E-state index in [9.17, 15) is 5.11 Å². The van der Waals surface area contributed by atoms with Gasteiger partial charge in [0.1, 0.15) is 18.2 Å². The predicted octanol–water partition coefficient (Wildman–Crippen LogP) is 3.69. The Kier molecular flexibility index (Phi) is 6.34. The van der Waals surface area contributed by atoms with Gasteiger partial charge in [0.25, 0.3) is 0 Å². The highest BCUT2D eigenvalue weighted by molar-refractivity contribution is 6.30. The summed E-state index contributed by atoms with van der Waals surface area (Å²) in [6.07, 6.45) is 3.68. The summed E-state index contributed by atoms with van der Waals surface area (Å²) in [7, 11) is 3.93. The Bertz CT molecular complexity index is 1030. The van der Waals surface area contributed by atoms with Gasteiger partial charge in [0.15, 0.2) is 0 Å². The van der Waals surface area contributed by atoms with E-state index in [0.717, 1.165) is 48.0 Å². The van der Waals surface area contributed by atoms with E-state index in [2.05, 4.69) is 26.6 Å². The highest BCUT2D eigenvalue weighted by atomic mass is 35.5. The summed E-state index contributed by atoms with van der Waals surface area (Å²) in [6, 6.07) is 14.0. The Morgan fingerprint density at radius 2 is 2.06 bits per heavy atom. The molecule has 0 saturated heterocycles. The van der Waals surface area contributed by atoms with Gasteiger partial charge in [0.2, 0.25) is 0 Å². The third kappa shape index (κ3) is 5.10. The molecule has 3 aromatic rings. The van der Waals surface area contributed by atoms with Gasteiger partial charge in [-0.2, -0.15) is 0 Å². The van der Waals surface area contributed by atoms with E-state index < -0.39 is 5.60 Å². The Balaban J connectivity index is 1.55. The molecule has 0 radical (unpaired) electrons. The molecule has 1 N–H and O–H groups in total. The Morgan fingerprint density at radius 1 is 1.23 bits per heavy atom. The van der Waals surface area contributed by atoms with Crippen molar-refractivity contribution < 1.29 is 9.84 Å². The van der Waals surface area contributed by atoms with E-state index in [4.69, 9.17) is 16.3 Å². The summed E-state index contributed by atoms with van der Waals surface area (Å²) < 4.78 is 8.09. The lowest BCUT2D eigenvalue weighted by Gasteiger charge is -2.28. The Hall–Kier alpha value is -2.38. The number of rotatable bonds is 6. The normalized spacial score (nSPS) is 16.5. The summed E-state index contributed by atoms with van der Waals surface area (Å²) >= 11 is 5.99. The minimum atomic E-state index is -0.926. The van der Waals surface area contributed by atoms with E-state index in [0.29, 0.717) is 18.2 Å². The molecule has 2 aromatic heterocycles. The molecule has 1 atom stereocenters. The van der Waals surface area contributed by atoms with E-state index in [1.54, 1.807) is 6.20 Å². The van der Waals surface area contributed by atoms with Gasteiger partial charge in [-0.05, 0) is 63.0 Å². The molecule has 1 aromatic carbocycles. The van der Waals surface area contributed by atoms with Crippen LogP contribution in [-0.2, 0) is 18.7 Å². The lowest BCUT2D eigenvalue weighted by molar-refractivity contribution is 0.0299. The number of likely N-dealkylation sites (N-methyl/N-ethyl adjacent to an activating group) is 1. The second kappa shape index (κ2) is 9.01. The Labute approximate surface area is 188 Å². The van der Waals surface area contributed by atoms with Gasteiger partial charge in [-0.1, -0.05) is 17.7 Å². The first-order valence-electron chi connectivity index (χ1n) is 10.5. The summed E-state index contributed by atoms with van der Waals surface area (Å²) in [4.78, 5) is 8.80. The number of pyridine rings is 1. The molecule has 0 fully saturated rings. The molecule has 164 valence electrons. The number of nitrogens with zero attached hydrogens (tertiary/aromatic N) is 4. The molecule has 31 heavy (non-hydrogen) atoms. The van der Waals surface area contributed by atoms with E-state index in [-0.39, 0.29) is 0 Å². The molecule has 0 saturated carbocycles. The lowest BCUT2D eigenvalue weighted by Crippen LogP contribution is -2.34. The van der Waals surface area contributed by atoms with E-state index >= 15 is 0 Å². The van der Waals surface area contributed by atoms with Crippen molar-refractivity contribution in [3.63, 3.8) is 0 Å². The highest BCUT2D eigenvalue weighted by Gasteiger charge is 2.26. The summed E-state index contributed by atoms with van der Waals surface area (Å²) in [5.74, 6) is 1.74. The first-order valence-corrected chi connectivity index (χ1v) is 10.8. The van der Waals surface area contributed by atoms with Gasteiger partial charge < -0.3 is 19.3 Å². The quantitative estimate of drug-likeness (QED) is 0.633. The van der Waals surface area contributed by atoms with Gasteiger partial charge in [-0.15, -0.1) is 0 Å². The zero-order valence-corrected chi connectivity index (χ0v) is 19.0. The number of benzene rings is 1. The molecule has 3 heterocycles. The van der Waals surface area contributed by atoms with Gasteiger partial charge in [-0.25, -0.2) is 4.98 Å². The van der Waals surface area contributed by atoms with Gasteiger partial charge in [0, 0.05) is 49.8 Å².